The minimum Gasteiger partial charge on any atom is -0.357 e. The quantitative estimate of drug-likeness (QED) is 0.835. The Bertz CT molecular complexity index is 316. The van der Waals surface area contributed by atoms with Gasteiger partial charge in [-0.3, -0.25) is 0 Å². The number of anilines is 1. The molecular weight excluding hydrogens is 200 g/mol. The molecule has 0 aliphatic carbocycles. The lowest BCUT2D eigenvalue weighted by Crippen LogP contribution is -2.42. The number of aromatic nitrogens is 2. The van der Waals surface area contributed by atoms with Crippen molar-refractivity contribution in [1.29, 1.82) is 0 Å². The van der Waals surface area contributed by atoms with E-state index in [1.807, 2.05) is 19.1 Å². The summed E-state index contributed by atoms with van der Waals surface area (Å²) in [4.78, 5) is 2.18. The second kappa shape index (κ2) is 5.25. The average Bonchev–Trinajstić information content (AvgIpc) is 2.31. The Morgan fingerprint density at radius 1 is 1.38 bits per heavy atom. The zero-order valence-corrected chi connectivity index (χ0v) is 10.1. The summed E-state index contributed by atoms with van der Waals surface area (Å²) in [5.74, 6) is 0.956. The summed E-state index contributed by atoms with van der Waals surface area (Å²) in [5, 5.41) is 11.8. The smallest absolute Gasteiger partial charge is 0.151 e. The molecule has 0 unspecified atom stereocenters. The van der Waals surface area contributed by atoms with Crippen molar-refractivity contribution in [2.75, 3.05) is 25.0 Å². The summed E-state index contributed by atoms with van der Waals surface area (Å²) >= 11 is 0. The van der Waals surface area contributed by atoms with E-state index in [-0.39, 0.29) is 0 Å². The lowest BCUT2D eigenvalue weighted by molar-refractivity contribution is 0.402. The van der Waals surface area contributed by atoms with Gasteiger partial charge in [0.15, 0.2) is 5.82 Å². The first-order valence-electron chi connectivity index (χ1n) is 6.00. The number of likely N-dealkylation sites (N-methyl/N-ethyl adjacent to an activating group) is 1. The van der Waals surface area contributed by atoms with Gasteiger partial charge >= 0.3 is 0 Å². The fourth-order valence-electron chi connectivity index (χ4n) is 2.10. The lowest BCUT2D eigenvalue weighted by Gasteiger charge is -2.28. The van der Waals surface area contributed by atoms with Gasteiger partial charge in [0, 0.05) is 19.6 Å². The van der Waals surface area contributed by atoms with Crippen LogP contribution in [0.25, 0.3) is 0 Å². The highest BCUT2D eigenvalue weighted by Gasteiger charge is 2.15. The molecule has 0 spiro atoms. The maximum Gasteiger partial charge on any atom is 0.151 e. The van der Waals surface area contributed by atoms with Crippen LogP contribution >= 0.6 is 0 Å². The summed E-state index contributed by atoms with van der Waals surface area (Å²) < 4.78 is 0. The van der Waals surface area contributed by atoms with E-state index in [0.29, 0.717) is 6.04 Å². The molecule has 2 rings (SSSR count). The zero-order chi connectivity index (χ0) is 11.4. The normalized spacial score (nSPS) is 20.8. The number of nitrogens with zero attached hydrogens (tertiary/aromatic N) is 3. The molecule has 4 nitrogen and oxygen atoms in total. The van der Waals surface area contributed by atoms with Gasteiger partial charge in [0.2, 0.25) is 0 Å². The van der Waals surface area contributed by atoms with E-state index in [4.69, 9.17) is 0 Å². The van der Waals surface area contributed by atoms with Crippen molar-refractivity contribution in [2.24, 2.45) is 0 Å². The molecule has 1 fully saturated rings. The first-order chi connectivity index (χ1) is 7.75. The van der Waals surface area contributed by atoms with Gasteiger partial charge in [0.25, 0.3) is 0 Å². The largest absolute Gasteiger partial charge is 0.357 e. The van der Waals surface area contributed by atoms with Crippen LogP contribution in [0.1, 0.15) is 25.0 Å². The van der Waals surface area contributed by atoms with E-state index in [9.17, 15) is 0 Å². The summed E-state index contributed by atoms with van der Waals surface area (Å²) in [6.07, 6.45) is 3.92. The standard InChI is InChI=1S/C12H20N4/c1-10-6-7-12(15-14-10)16(2)9-11-5-3-4-8-13-11/h6-7,11,13H,3-5,8-9H2,1-2H3/t11-/m0/s1. The molecule has 0 aromatic carbocycles. The van der Waals surface area contributed by atoms with Gasteiger partial charge in [-0.25, -0.2) is 0 Å². The van der Waals surface area contributed by atoms with Crippen LogP contribution in [0.2, 0.25) is 0 Å². The number of nitrogens with one attached hydrogen (secondary N) is 1. The summed E-state index contributed by atoms with van der Waals surface area (Å²) in [5.41, 5.74) is 0.966. The first kappa shape index (κ1) is 11.3. The number of hydrogen-bond donors (Lipinski definition) is 1. The minimum atomic E-state index is 0.599. The molecule has 2 heterocycles. The lowest BCUT2D eigenvalue weighted by atomic mass is 10.0. The number of rotatable bonds is 3. The predicted molar refractivity (Wildman–Crippen MR) is 65.7 cm³/mol. The van der Waals surface area contributed by atoms with Crippen molar-refractivity contribution < 1.29 is 0 Å². The SMILES string of the molecule is Cc1ccc(N(C)C[C@@H]2CCCCN2)nn1. The summed E-state index contributed by atoms with van der Waals surface area (Å²) in [6, 6.07) is 4.64. The van der Waals surface area contributed by atoms with E-state index in [2.05, 4.69) is 27.5 Å². The molecule has 0 saturated carbocycles. The van der Waals surface area contributed by atoms with Crippen LogP contribution in [0.4, 0.5) is 5.82 Å². The van der Waals surface area contributed by atoms with Crippen LogP contribution in [-0.2, 0) is 0 Å². The average molecular weight is 220 g/mol. The molecule has 0 radical (unpaired) electrons. The second-order valence-corrected chi connectivity index (χ2v) is 4.56. The Morgan fingerprint density at radius 2 is 2.25 bits per heavy atom. The number of aryl methyl sites for hydroxylation is 1. The van der Waals surface area contributed by atoms with E-state index in [1.54, 1.807) is 0 Å². The van der Waals surface area contributed by atoms with E-state index < -0.39 is 0 Å². The third-order valence-electron chi connectivity index (χ3n) is 3.08. The highest BCUT2D eigenvalue weighted by atomic mass is 15.3. The van der Waals surface area contributed by atoms with Crippen LogP contribution in [0.5, 0.6) is 0 Å². The second-order valence-electron chi connectivity index (χ2n) is 4.56. The number of hydrogen-bond acceptors (Lipinski definition) is 4. The molecule has 0 bridgehead atoms. The van der Waals surface area contributed by atoms with Gasteiger partial charge in [0.05, 0.1) is 5.69 Å². The maximum absolute atomic E-state index is 4.19. The third-order valence-corrected chi connectivity index (χ3v) is 3.08. The summed E-state index contributed by atoms with van der Waals surface area (Å²) in [7, 11) is 2.08. The number of piperidine rings is 1. The van der Waals surface area contributed by atoms with Crippen LogP contribution in [0, 0.1) is 6.92 Å². The molecule has 1 aliphatic heterocycles. The first-order valence-corrected chi connectivity index (χ1v) is 6.00. The van der Waals surface area contributed by atoms with Crippen molar-refractivity contribution in [3.63, 3.8) is 0 Å². The Hall–Kier alpha value is -1.16. The van der Waals surface area contributed by atoms with Crippen LogP contribution in [0.3, 0.4) is 0 Å². The van der Waals surface area contributed by atoms with E-state index in [1.165, 1.54) is 19.3 Å². The van der Waals surface area contributed by atoms with E-state index in [0.717, 1.165) is 24.6 Å². The van der Waals surface area contributed by atoms with Crippen molar-refractivity contribution in [3.05, 3.63) is 17.8 Å². The molecule has 1 aromatic heterocycles. The van der Waals surface area contributed by atoms with Gasteiger partial charge in [-0.2, -0.15) is 5.10 Å². The monoisotopic (exact) mass is 220 g/mol. The van der Waals surface area contributed by atoms with Crippen LogP contribution < -0.4 is 10.2 Å². The van der Waals surface area contributed by atoms with Crippen molar-refractivity contribution in [1.82, 2.24) is 15.5 Å². The van der Waals surface area contributed by atoms with Gasteiger partial charge in [0.1, 0.15) is 0 Å². The molecule has 1 aliphatic rings. The Kier molecular flexibility index (Phi) is 3.72. The third kappa shape index (κ3) is 2.92. The molecule has 0 amide bonds. The summed E-state index contributed by atoms with van der Waals surface area (Å²) in [6.45, 7) is 4.12. The Morgan fingerprint density at radius 3 is 2.88 bits per heavy atom. The highest BCUT2D eigenvalue weighted by Crippen LogP contribution is 2.12. The molecule has 1 saturated heterocycles. The predicted octanol–water partition coefficient (Wildman–Crippen LogP) is 1.36. The molecule has 88 valence electrons. The van der Waals surface area contributed by atoms with Crippen LogP contribution in [0.15, 0.2) is 12.1 Å². The molecule has 1 aromatic rings. The fourth-order valence-corrected chi connectivity index (χ4v) is 2.10. The van der Waals surface area contributed by atoms with Gasteiger partial charge in [-0.15, -0.1) is 5.10 Å². The molecular formula is C12H20N4. The Balaban J connectivity index is 1.91. The van der Waals surface area contributed by atoms with Crippen molar-refractivity contribution >= 4 is 5.82 Å². The molecule has 1 atom stereocenters. The van der Waals surface area contributed by atoms with Crippen molar-refractivity contribution in [2.45, 2.75) is 32.2 Å². The van der Waals surface area contributed by atoms with Gasteiger partial charge in [-0.05, 0) is 38.4 Å². The molecule has 4 heteroatoms. The zero-order valence-electron chi connectivity index (χ0n) is 10.1. The van der Waals surface area contributed by atoms with Gasteiger partial charge in [-0.1, -0.05) is 6.42 Å². The van der Waals surface area contributed by atoms with Crippen LogP contribution in [-0.4, -0.2) is 36.4 Å². The fraction of sp³-hybridized carbons (Fsp3) is 0.667. The highest BCUT2D eigenvalue weighted by molar-refractivity contribution is 5.36. The topological polar surface area (TPSA) is 41.0 Å². The molecule has 1 N–H and O–H groups in total. The minimum absolute atomic E-state index is 0.599. The maximum atomic E-state index is 4.19. The Labute approximate surface area is 97.1 Å². The van der Waals surface area contributed by atoms with E-state index >= 15 is 0 Å². The molecule has 16 heavy (non-hydrogen) atoms. The van der Waals surface area contributed by atoms with Crippen molar-refractivity contribution in [3.8, 4) is 0 Å². The van der Waals surface area contributed by atoms with Gasteiger partial charge < -0.3 is 10.2 Å².